The minimum absolute atomic E-state index is 0.188. The molecule has 0 amide bonds. The summed E-state index contributed by atoms with van der Waals surface area (Å²) in [6, 6.07) is 17.7. The highest BCUT2D eigenvalue weighted by atomic mass is 19.4. The number of alkyl halides is 3. The fourth-order valence-electron chi connectivity index (χ4n) is 2.28. The van der Waals surface area contributed by atoms with Crippen LogP contribution in [-0.4, -0.2) is 18.8 Å². The normalized spacial score (nSPS) is 13.8. The number of ether oxygens (including phenoxy) is 2. The van der Waals surface area contributed by atoms with Gasteiger partial charge in [0.25, 0.3) is 0 Å². The average molecular weight is 366 g/mol. The third-order valence-corrected chi connectivity index (χ3v) is 4.15. The van der Waals surface area contributed by atoms with E-state index in [2.05, 4.69) is 0 Å². The van der Waals surface area contributed by atoms with E-state index in [1.165, 1.54) is 0 Å². The number of esters is 1. The summed E-state index contributed by atoms with van der Waals surface area (Å²) in [5.74, 6) is -1.29. The second-order valence-corrected chi connectivity index (χ2v) is 6.18. The van der Waals surface area contributed by atoms with Crippen LogP contribution in [0.5, 0.6) is 0 Å². The summed E-state index contributed by atoms with van der Waals surface area (Å²) in [6.45, 7) is 0.640. The second kappa shape index (κ2) is 8.85. The lowest BCUT2D eigenvalue weighted by Gasteiger charge is -2.29. The molecule has 0 aliphatic carbocycles. The van der Waals surface area contributed by atoms with Crippen LogP contribution < -0.4 is 0 Å². The minimum atomic E-state index is -4.73. The summed E-state index contributed by atoms with van der Waals surface area (Å²) in [6.07, 6.45) is -5.23. The van der Waals surface area contributed by atoms with Gasteiger partial charge in [0.2, 0.25) is 0 Å². The second-order valence-electron chi connectivity index (χ2n) is 6.18. The molecule has 2 aromatic carbocycles. The van der Waals surface area contributed by atoms with Gasteiger partial charge in [0, 0.05) is 6.61 Å². The van der Waals surface area contributed by atoms with Gasteiger partial charge in [-0.3, -0.25) is 4.79 Å². The Balaban J connectivity index is 1.92. The largest absolute Gasteiger partial charge is 0.460 e. The van der Waals surface area contributed by atoms with Crippen LogP contribution in [0, 0.1) is 5.41 Å². The van der Waals surface area contributed by atoms with Crippen molar-refractivity contribution in [3.63, 3.8) is 0 Å². The molecule has 0 aromatic heterocycles. The lowest BCUT2D eigenvalue weighted by Crippen LogP contribution is -2.44. The zero-order valence-electron chi connectivity index (χ0n) is 14.5. The van der Waals surface area contributed by atoms with E-state index in [9.17, 15) is 18.0 Å². The molecular weight excluding hydrogens is 345 g/mol. The van der Waals surface area contributed by atoms with E-state index in [1.807, 2.05) is 30.3 Å². The lowest BCUT2D eigenvalue weighted by molar-refractivity contribution is -0.234. The molecule has 0 N–H and O–H groups in total. The first-order valence-corrected chi connectivity index (χ1v) is 8.22. The zero-order chi connectivity index (χ0) is 19.0. The molecule has 0 saturated heterocycles. The molecule has 26 heavy (non-hydrogen) atoms. The fraction of sp³-hybridized carbons (Fsp3) is 0.350. The molecule has 0 spiro atoms. The highest BCUT2D eigenvalue weighted by Crippen LogP contribution is 2.42. The van der Waals surface area contributed by atoms with Crippen LogP contribution in [0.1, 0.15) is 24.5 Å². The van der Waals surface area contributed by atoms with E-state index in [0.717, 1.165) is 12.5 Å². The third kappa shape index (κ3) is 5.33. The van der Waals surface area contributed by atoms with Crippen molar-refractivity contribution in [2.24, 2.45) is 5.41 Å². The maximum absolute atomic E-state index is 13.5. The monoisotopic (exact) mass is 366 g/mol. The van der Waals surface area contributed by atoms with Gasteiger partial charge in [0.05, 0.1) is 6.61 Å². The molecule has 140 valence electrons. The van der Waals surface area contributed by atoms with Gasteiger partial charge in [0.15, 0.2) is 5.41 Å². The van der Waals surface area contributed by atoms with Gasteiger partial charge in [0.1, 0.15) is 6.61 Å². The van der Waals surface area contributed by atoms with Crippen LogP contribution in [0.15, 0.2) is 60.7 Å². The summed E-state index contributed by atoms with van der Waals surface area (Å²) in [5.41, 5.74) is -1.13. The SMILES string of the molecule is CC(CCOCc1ccccc1)(C(=O)OCc1ccccc1)C(F)(F)F. The van der Waals surface area contributed by atoms with Crippen LogP contribution in [0.3, 0.4) is 0 Å². The predicted molar refractivity (Wildman–Crippen MR) is 91.1 cm³/mol. The molecule has 0 fully saturated rings. The standard InChI is InChI=1S/C20H21F3O3/c1-19(20(21,22)23,12-13-25-14-16-8-4-2-5-9-16)18(24)26-15-17-10-6-3-7-11-17/h2-11H,12-15H2,1H3. The Hall–Kier alpha value is -2.34. The molecule has 0 radical (unpaired) electrons. The first-order chi connectivity index (χ1) is 12.3. The van der Waals surface area contributed by atoms with E-state index < -0.39 is 24.0 Å². The number of hydrogen-bond donors (Lipinski definition) is 0. The summed E-state index contributed by atoms with van der Waals surface area (Å²) in [7, 11) is 0. The van der Waals surface area contributed by atoms with Gasteiger partial charge < -0.3 is 9.47 Å². The molecule has 2 aromatic rings. The smallest absolute Gasteiger partial charge is 0.404 e. The number of benzene rings is 2. The van der Waals surface area contributed by atoms with E-state index in [4.69, 9.17) is 9.47 Å². The Labute approximate surface area is 150 Å². The van der Waals surface area contributed by atoms with Gasteiger partial charge in [-0.05, 0) is 24.5 Å². The van der Waals surface area contributed by atoms with Gasteiger partial charge >= 0.3 is 12.1 Å². The molecule has 0 heterocycles. The first kappa shape index (κ1) is 20.0. The predicted octanol–water partition coefficient (Wildman–Crippen LogP) is 4.91. The van der Waals surface area contributed by atoms with Crippen LogP contribution in [0.4, 0.5) is 13.2 Å². The summed E-state index contributed by atoms with van der Waals surface area (Å²) < 4.78 is 50.7. The highest BCUT2D eigenvalue weighted by molar-refractivity contribution is 5.77. The Bertz CT molecular complexity index is 686. The van der Waals surface area contributed by atoms with Gasteiger partial charge in [-0.2, -0.15) is 13.2 Å². The maximum atomic E-state index is 13.5. The summed E-state index contributed by atoms with van der Waals surface area (Å²) in [4.78, 5) is 12.2. The van der Waals surface area contributed by atoms with E-state index in [0.29, 0.717) is 5.56 Å². The molecule has 2 rings (SSSR count). The number of carbonyl (C=O) groups excluding carboxylic acids is 1. The Morgan fingerprint density at radius 3 is 1.88 bits per heavy atom. The van der Waals surface area contributed by atoms with Crippen molar-refractivity contribution in [2.45, 2.75) is 32.7 Å². The Morgan fingerprint density at radius 2 is 1.38 bits per heavy atom. The lowest BCUT2D eigenvalue weighted by atomic mass is 9.86. The van der Waals surface area contributed by atoms with Crippen molar-refractivity contribution in [3.8, 4) is 0 Å². The van der Waals surface area contributed by atoms with Crippen molar-refractivity contribution >= 4 is 5.97 Å². The third-order valence-electron chi connectivity index (χ3n) is 4.15. The maximum Gasteiger partial charge on any atom is 0.404 e. The fourth-order valence-corrected chi connectivity index (χ4v) is 2.28. The number of halogens is 3. The van der Waals surface area contributed by atoms with Crippen molar-refractivity contribution < 1.29 is 27.4 Å². The van der Waals surface area contributed by atoms with E-state index >= 15 is 0 Å². The molecule has 0 aliphatic rings. The molecule has 0 saturated carbocycles. The summed E-state index contributed by atoms with van der Waals surface area (Å²) >= 11 is 0. The van der Waals surface area contributed by atoms with Crippen molar-refractivity contribution in [3.05, 3.63) is 71.8 Å². The van der Waals surface area contributed by atoms with E-state index in [-0.39, 0.29) is 19.8 Å². The quantitative estimate of drug-likeness (QED) is 0.492. The number of hydrogen-bond acceptors (Lipinski definition) is 3. The van der Waals surface area contributed by atoms with Crippen LogP contribution in [-0.2, 0) is 27.5 Å². The molecule has 1 unspecified atom stereocenters. The molecule has 0 aliphatic heterocycles. The molecule has 0 bridgehead atoms. The van der Waals surface area contributed by atoms with Crippen LogP contribution >= 0.6 is 0 Å². The zero-order valence-corrected chi connectivity index (χ0v) is 14.5. The average Bonchev–Trinajstić information content (AvgIpc) is 2.64. The molecule has 1 atom stereocenters. The number of rotatable bonds is 8. The van der Waals surface area contributed by atoms with Crippen molar-refractivity contribution in [2.75, 3.05) is 6.61 Å². The Morgan fingerprint density at radius 1 is 0.885 bits per heavy atom. The highest BCUT2D eigenvalue weighted by Gasteiger charge is 2.57. The van der Waals surface area contributed by atoms with Gasteiger partial charge in [-0.1, -0.05) is 60.7 Å². The summed E-state index contributed by atoms with van der Waals surface area (Å²) in [5, 5.41) is 0. The van der Waals surface area contributed by atoms with Crippen LogP contribution in [0.25, 0.3) is 0 Å². The van der Waals surface area contributed by atoms with Gasteiger partial charge in [-0.25, -0.2) is 0 Å². The topological polar surface area (TPSA) is 35.5 Å². The molecule has 6 heteroatoms. The molecule has 3 nitrogen and oxygen atoms in total. The van der Waals surface area contributed by atoms with Crippen LogP contribution in [0.2, 0.25) is 0 Å². The number of carbonyl (C=O) groups is 1. The first-order valence-electron chi connectivity index (χ1n) is 8.22. The van der Waals surface area contributed by atoms with Crippen molar-refractivity contribution in [1.29, 1.82) is 0 Å². The van der Waals surface area contributed by atoms with Crippen molar-refractivity contribution in [1.82, 2.24) is 0 Å². The molecular formula is C20H21F3O3. The Kier molecular flexibility index (Phi) is 6.80. The minimum Gasteiger partial charge on any atom is -0.460 e. The van der Waals surface area contributed by atoms with E-state index in [1.54, 1.807) is 30.3 Å². The van der Waals surface area contributed by atoms with Gasteiger partial charge in [-0.15, -0.1) is 0 Å².